The smallest absolute Gasteiger partial charge is 0.287 e. The molecule has 0 unspecified atom stereocenters. The van der Waals surface area contributed by atoms with Crippen molar-refractivity contribution < 1.29 is 18.0 Å². The molecule has 3 aromatic rings. The van der Waals surface area contributed by atoms with Crippen molar-refractivity contribution in [2.24, 2.45) is 0 Å². The van der Waals surface area contributed by atoms with E-state index in [9.17, 15) is 22.8 Å². The largest absolute Gasteiger partial charge is 0.377 e. The quantitative estimate of drug-likeness (QED) is 0.644. The molecule has 0 atom stereocenters. The van der Waals surface area contributed by atoms with Crippen molar-refractivity contribution in [1.29, 1.82) is 0 Å². The van der Waals surface area contributed by atoms with Crippen molar-refractivity contribution in [2.75, 3.05) is 4.90 Å². The molecule has 7 nitrogen and oxygen atoms in total. The van der Waals surface area contributed by atoms with Gasteiger partial charge < -0.3 is 0 Å². The number of aromatic nitrogens is 4. The maximum Gasteiger partial charge on any atom is 0.377 e. The van der Waals surface area contributed by atoms with Gasteiger partial charge in [0.1, 0.15) is 11.5 Å². The second kappa shape index (κ2) is 7.29. The number of carbonyl (C=O) groups is 1. The number of benzene rings is 2. The highest BCUT2D eigenvalue weighted by Gasteiger charge is 2.28. The molecule has 0 aliphatic rings. The minimum Gasteiger partial charge on any atom is -0.287 e. The molecule has 1 heterocycles. The maximum absolute atomic E-state index is 14.4. The van der Waals surface area contributed by atoms with Crippen molar-refractivity contribution >= 4 is 11.7 Å². The van der Waals surface area contributed by atoms with E-state index in [1.165, 1.54) is 12.1 Å². The van der Waals surface area contributed by atoms with Crippen LogP contribution in [0.4, 0.5) is 23.7 Å². The summed E-state index contributed by atoms with van der Waals surface area (Å²) < 4.78 is 43.0. The van der Waals surface area contributed by atoms with E-state index in [-0.39, 0.29) is 5.69 Å². The first kappa shape index (κ1) is 19.3. The molecule has 0 bridgehead atoms. The third kappa shape index (κ3) is 3.28. The van der Waals surface area contributed by atoms with Crippen molar-refractivity contribution in [1.82, 2.24) is 19.8 Å². The molecular formula is C18H16F3N5O2. The van der Waals surface area contributed by atoms with E-state index in [4.69, 9.17) is 0 Å². The summed E-state index contributed by atoms with van der Waals surface area (Å²) in [6.07, 6.45) is 0. The van der Waals surface area contributed by atoms with Crippen LogP contribution < -0.4 is 10.6 Å². The summed E-state index contributed by atoms with van der Waals surface area (Å²) in [7, 11) is 0. The Balaban J connectivity index is 2.09. The third-order valence-corrected chi connectivity index (χ3v) is 4.00. The van der Waals surface area contributed by atoms with E-state index in [0.717, 1.165) is 23.1 Å². The highest BCUT2D eigenvalue weighted by molar-refractivity contribution is 5.93. The monoisotopic (exact) mass is 391 g/mol. The van der Waals surface area contributed by atoms with Crippen LogP contribution in [-0.4, -0.2) is 31.9 Å². The number of amides is 1. The highest BCUT2D eigenvalue weighted by Crippen LogP contribution is 2.23. The Hall–Kier alpha value is -3.43. The second-order valence-corrected chi connectivity index (χ2v) is 6.36. The van der Waals surface area contributed by atoms with Crippen LogP contribution in [0.25, 0.3) is 5.69 Å². The molecule has 28 heavy (non-hydrogen) atoms. The standard InChI is InChI=1S/C18H16F3N5O2/c1-10(2)24(15-8-7-11(3)9-14(15)21)17(27)26-18(28)25(22-23-26)16-12(19)5-4-6-13(16)20/h4-10H,1-3H3. The number of rotatable bonds is 3. The zero-order valence-electron chi connectivity index (χ0n) is 15.2. The average molecular weight is 391 g/mol. The Labute approximate surface area is 157 Å². The minimum atomic E-state index is -1.19. The van der Waals surface area contributed by atoms with Crippen molar-refractivity contribution in [2.45, 2.75) is 26.8 Å². The van der Waals surface area contributed by atoms with Gasteiger partial charge in [-0.05, 0) is 61.0 Å². The van der Waals surface area contributed by atoms with E-state index in [1.807, 2.05) is 0 Å². The molecule has 2 aromatic carbocycles. The van der Waals surface area contributed by atoms with E-state index >= 15 is 0 Å². The van der Waals surface area contributed by atoms with E-state index in [2.05, 4.69) is 10.4 Å². The number of anilines is 1. The molecule has 1 aromatic heterocycles. The molecule has 1 amide bonds. The molecule has 0 saturated carbocycles. The predicted molar refractivity (Wildman–Crippen MR) is 95.1 cm³/mol. The van der Waals surface area contributed by atoms with Crippen LogP contribution in [0.5, 0.6) is 0 Å². The van der Waals surface area contributed by atoms with E-state index in [0.29, 0.717) is 14.9 Å². The lowest BCUT2D eigenvalue weighted by Crippen LogP contribution is -2.45. The summed E-state index contributed by atoms with van der Waals surface area (Å²) in [4.78, 5) is 26.4. The van der Waals surface area contributed by atoms with Gasteiger partial charge in [-0.3, -0.25) is 4.90 Å². The second-order valence-electron chi connectivity index (χ2n) is 6.36. The topological polar surface area (TPSA) is 73.0 Å². The first-order chi connectivity index (χ1) is 13.2. The number of nitrogens with zero attached hydrogens (tertiary/aromatic N) is 5. The van der Waals surface area contributed by atoms with Gasteiger partial charge >= 0.3 is 11.7 Å². The molecule has 0 aliphatic heterocycles. The Morgan fingerprint density at radius 2 is 1.68 bits per heavy atom. The van der Waals surface area contributed by atoms with Crippen LogP contribution in [0.15, 0.2) is 41.2 Å². The van der Waals surface area contributed by atoms with Gasteiger partial charge in [-0.1, -0.05) is 12.1 Å². The van der Waals surface area contributed by atoms with Gasteiger partial charge in [0.2, 0.25) is 0 Å². The summed E-state index contributed by atoms with van der Waals surface area (Å²) in [5.41, 5.74) is -1.36. The summed E-state index contributed by atoms with van der Waals surface area (Å²) in [6, 6.07) is 5.69. The number of carbonyl (C=O) groups excluding carboxylic acids is 1. The zero-order chi connectivity index (χ0) is 20.6. The summed E-state index contributed by atoms with van der Waals surface area (Å²) in [5, 5.41) is 6.82. The van der Waals surface area contributed by atoms with Gasteiger partial charge in [-0.15, -0.1) is 4.68 Å². The van der Waals surface area contributed by atoms with Crippen LogP contribution in [0, 0.1) is 24.4 Å². The summed E-state index contributed by atoms with van der Waals surface area (Å²) >= 11 is 0. The van der Waals surface area contributed by atoms with Crippen LogP contribution in [0.1, 0.15) is 19.4 Å². The van der Waals surface area contributed by atoms with Gasteiger partial charge in [-0.25, -0.2) is 22.8 Å². The third-order valence-electron chi connectivity index (χ3n) is 4.00. The molecule has 0 fully saturated rings. The van der Waals surface area contributed by atoms with Gasteiger partial charge in [0.05, 0.1) is 5.69 Å². The van der Waals surface area contributed by atoms with Crippen LogP contribution in [0.2, 0.25) is 0 Å². The van der Waals surface area contributed by atoms with Crippen molar-refractivity contribution in [3.05, 3.63) is 69.9 Å². The lowest BCUT2D eigenvalue weighted by Gasteiger charge is -2.26. The molecule has 10 heteroatoms. The molecular weight excluding hydrogens is 375 g/mol. The number of para-hydroxylation sites is 1. The molecule has 146 valence electrons. The summed E-state index contributed by atoms with van der Waals surface area (Å²) in [5.74, 6) is -2.76. The van der Waals surface area contributed by atoms with Gasteiger partial charge in [0.25, 0.3) is 0 Å². The zero-order valence-corrected chi connectivity index (χ0v) is 15.2. The van der Waals surface area contributed by atoms with Crippen molar-refractivity contribution in [3.63, 3.8) is 0 Å². The number of aryl methyl sites for hydroxylation is 1. The summed E-state index contributed by atoms with van der Waals surface area (Å²) in [6.45, 7) is 4.92. The fraction of sp³-hybridized carbons (Fsp3) is 0.222. The van der Waals surface area contributed by atoms with Gasteiger partial charge in [-0.2, -0.15) is 4.68 Å². The first-order valence-corrected chi connectivity index (χ1v) is 8.31. The lowest BCUT2D eigenvalue weighted by molar-refractivity contribution is 0.242. The first-order valence-electron chi connectivity index (χ1n) is 8.31. The van der Waals surface area contributed by atoms with E-state index in [1.54, 1.807) is 26.8 Å². The molecule has 0 radical (unpaired) electrons. The predicted octanol–water partition coefficient (Wildman–Crippen LogP) is 3.04. The van der Waals surface area contributed by atoms with Crippen LogP contribution in [0.3, 0.4) is 0 Å². The van der Waals surface area contributed by atoms with Gasteiger partial charge in [0, 0.05) is 6.04 Å². The fourth-order valence-electron chi connectivity index (χ4n) is 2.71. The Morgan fingerprint density at radius 1 is 1.04 bits per heavy atom. The van der Waals surface area contributed by atoms with E-state index < -0.39 is 40.9 Å². The average Bonchev–Trinajstić information content (AvgIpc) is 2.98. The molecule has 0 aliphatic carbocycles. The normalized spacial score (nSPS) is 11.1. The van der Waals surface area contributed by atoms with Gasteiger partial charge in [0.15, 0.2) is 11.6 Å². The number of halogens is 3. The number of hydrogen-bond donors (Lipinski definition) is 0. The maximum atomic E-state index is 14.4. The van der Waals surface area contributed by atoms with Crippen LogP contribution in [-0.2, 0) is 0 Å². The Kier molecular flexibility index (Phi) is 5.04. The Bertz CT molecular complexity index is 1090. The Morgan fingerprint density at radius 3 is 2.25 bits per heavy atom. The number of hydrogen-bond acceptors (Lipinski definition) is 4. The highest BCUT2D eigenvalue weighted by atomic mass is 19.1. The number of tetrazole rings is 1. The fourth-order valence-corrected chi connectivity index (χ4v) is 2.71. The van der Waals surface area contributed by atoms with Crippen LogP contribution >= 0.6 is 0 Å². The molecule has 0 saturated heterocycles. The molecule has 3 rings (SSSR count). The lowest BCUT2D eigenvalue weighted by atomic mass is 10.2. The minimum absolute atomic E-state index is 0.0656. The SMILES string of the molecule is Cc1ccc(N(C(=O)n2nnn(-c3c(F)cccc3F)c2=O)C(C)C)c(F)c1. The molecule has 0 spiro atoms. The van der Waals surface area contributed by atoms with Crippen molar-refractivity contribution in [3.8, 4) is 5.69 Å². The molecule has 0 N–H and O–H groups in total.